The summed E-state index contributed by atoms with van der Waals surface area (Å²) >= 11 is 0. The van der Waals surface area contributed by atoms with E-state index in [4.69, 9.17) is 4.74 Å². The van der Waals surface area contributed by atoms with Crippen LogP contribution in [0.3, 0.4) is 0 Å². The van der Waals surface area contributed by atoms with Crippen LogP contribution in [0.5, 0.6) is 0 Å². The van der Waals surface area contributed by atoms with E-state index >= 15 is 0 Å². The average Bonchev–Trinajstić information content (AvgIpc) is 3.23. The molecule has 1 amide bonds. The summed E-state index contributed by atoms with van der Waals surface area (Å²) in [7, 11) is 0. The molecule has 0 aliphatic rings. The molecule has 1 heterocycles. The summed E-state index contributed by atoms with van der Waals surface area (Å²) in [5, 5.41) is 12.7. The van der Waals surface area contributed by atoms with Crippen LogP contribution >= 0.6 is 0 Å². The van der Waals surface area contributed by atoms with Crippen molar-refractivity contribution in [2.24, 2.45) is 0 Å². The molecule has 28 heavy (non-hydrogen) atoms. The van der Waals surface area contributed by atoms with E-state index in [1.54, 1.807) is 12.1 Å². The van der Waals surface area contributed by atoms with E-state index in [2.05, 4.69) is 15.5 Å². The van der Waals surface area contributed by atoms with Crippen molar-refractivity contribution in [3.8, 4) is 5.69 Å². The number of carbonyl (C=O) groups is 2. The van der Waals surface area contributed by atoms with Crippen LogP contribution in [0.4, 0.5) is 18.9 Å². The number of anilines is 1. The minimum atomic E-state index is -1.72. The van der Waals surface area contributed by atoms with Gasteiger partial charge in [-0.2, -0.15) is 0 Å². The summed E-state index contributed by atoms with van der Waals surface area (Å²) in [6.07, 6.45) is 0.0520. The molecule has 3 rings (SSSR count). The Morgan fingerprint density at radius 3 is 2.43 bits per heavy atom. The lowest BCUT2D eigenvalue weighted by molar-refractivity contribution is -0.123. The van der Waals surface area contributed by atoms with Crippen molar-refractivity contribution in [3.05, 3.63) is 65.7 Å². The van der Waals surface area contributed by atoms with Gasteiger partial charge in [0.2, 0.25) is 0 Å². The van der Waals surface area contributed by atoms with Crippen molar-refractivity contribution < 1.29 is 27.5 Å². The number of ether oxygens (including phenoxy) is 1. The number of amides is 1. The third-order valence-electron chi connectivity index (χ3n) is 3.66. The molecule has 0 radical (unpaired) electrons. The Morgan fingerprint density at radius 1 is 1.07 bits per heavy atom. The average molecular weight is 391 g/mol. The molecule has 11 heteroatoms. The Bertz CT molecular complexity index is 1010. The van der Waals surface area contributed by atoms with Crippen LogP contribution in [-0.4, -0.2) is 38.2 Å². The van der Waals surface area contributed by atoms with Crippen LogP contribution in [0.15, 0.2) is 42.7 Å². The van der Waals surface area contributed by atoms with Gasteiger partial charge in [0.05, 0.1) is 16.9 Å². The van der Waals surface area contributed by atoms with Gasteiger partial charge in [0.1, 0.15) is 6.33 Å². The number of benzene rings is 2. The van der Waals surface area contributed by atoms with Crippen molar-refractivity contribution in [1.29, 1.82) is 0 Å². The molecule has 144 valence electrons. The summed E-state index contributed by atoms with van der Waals surface area (Å²) < 4.78 is 46.1. The molecule has 1 atom stereocenters. The highest BCUT2D eigenvalue weighted by atomic mass is 19.2. The first-order valence-corrected chi connectivity index (χ1v) is 7.85. The Hall–Kier alpha value is -3.76. The third kappa shape index (κ3) is 3.98. The fourth-order valence-electron chi connectivity index (χ4n) is 2.17. The molecular weight excluding hydrogens is 379 g/mol. The second-order valence-electron chi connectivity index (χ2n) is 5.56. The van der Waals surface area contributed by atoms with Crippen LogP contribution in [0.25, 0.3) is 5.69 Å². The van der Waals surface area contributed by atoms with Gasteiger partial charge in [-0.1, -0.05) is 0 Å². The fourth-order valence-corrected chi connectivity index (χ4v) is 2.17. The molecule has 0 unspecified atom stereocenters. The lowest BCUT2D eigenvalue weighted by atomic mass is 10.2. The number of tetrazole rings is 1. The van der Waals surface area contributed by atoms with E-state index in [0.29, 0.717) is 11.8 Å². The maximum absolute atomic E-state index is 13.6. The molecule has 1 aromatic heterocycles. The standard InChI is InChI=1S/C17H12F3N5O3/c1-9(16(26)22-13-7-6-12(18)14(19)15(13)20)28-17(27)10-2-4-11(5-3-10)25-8-21-23-24-25/h2-9H,1H3,(H,22,26)/t9-/m1/s1. The van der Waals surface area contributed by atoms with Gasteiger partial charge in [0, 0.05) is 0 Å². The van der Waals surface area contributed by atoms with Crippen LogP contribution in [0.2, 0.25) is 0 Å². The first-order valence-electron chi connectivity index (χ1n) is 7.85. The monoisotopic (exact) mass is 391 g/mol. The van der Waals surface area contributed by atoms with Crippen molar-refractivity contribution >= 4 is 17.6 Å². The van der Waals surface area contributed by atoms with Gasteiger partial charge in [-0.15, -0.1) is 5.10 Å². The quantitative estimate of drug-likeness (QED) is 0.529. The first kappa shape index (κ1) is 19.0. The van der Waals surface area contributed by atoms with Crippen molar-refractivity contribution in [1.82, 2.24) is 20.2 Å². The Labute approximate surface area is 155 Å². The molecule has 0 bridgehead atoms. The van der Waals surface area contributed by atoms with Crippen LogP contribution in [0.1, 0.15) is 17.3 Å². The van der Waals surface area contributed by atoms with Gasteiger partial charge in [0.25, 0.3) is 5.91 Å². The van der Waals surface area contributed by atoms with Crippen LogP contribution in [-0.2, 0) is 9.53 Å². The molecular formula is C17H12F3N5O3. The maximum atomic E-state index is 13.6. The number of nitrogens with one attached hydrogen (secondary N) is 1. The predicted molar refractivity (Wildman–Crippen MR) is 89.0 cm³/mol. The number of carbonyl (C=O) groups excluding carboxylic acids is 2. The normalized spacial score (nSPS) is 11.7. The van der Waals surface area contributed by atoms with Crippen molar-refractivity contribution in [3.63, 3.8) is 0 Å². The van der Waals surface area contributed by atoms with E-state index in [0.717, 1.165) is 6.07 Å². The maximum Gasteiger partial charge on any atom is 0.338 e. The highest BCUT2D eigenvalue weighted by Crippen LogP contribution is 2.20. The Balaban J connectivity index is 1.63. The largest absolute Gasteiger partial charge is 0.449 e. The molecule has 0 spiro atoms. The van der Waals surface area contributed by atoms with Gasteiger partial charge in [-0.3, -0.25) is 4.79 Å². The van der Waals surface area contributed by atoms with Crippen LogP contribution < -0.4 is 5.32 Å². The van der Waals surface area contributed by atoms with Gasteiger partial charge >= 0.3 is 5.97 Å². The second kappa shape index (κ2) is 7.86. The number of halogens is 3. The summed E-state index contributed by atoms with van der Waals surface area (Å²) in [5.74, 6) is -6.38. The van der Waals surface area contributed by atoms with Crippen LogP contribution in [0, 0.1) is 17.5 Å². The highest BCUT2D eigenvalue weighted by Gasteiger charge is 2.22. The summed E-state index contributed by atoms with van der Waals surface area (Å²) in [6.45, 7) is 1.25. The molecule has 0 aliphatic carbocycles. The molecule has 0 saturated heterocycles. The number of rotatable bonds is 5. The lowest BCUT2D eigenvalue weighted by Crippen LogP contribution is -2.30. The Kier molecular flexibility index (Phi) is 5.34. The van der Waals surface area contributed by atoms with E-state index < -0.39 is 41.1 Å². The van der Waals surface area contributed by atoms with Gasteiger partial charge in [-0.25, -0.2) is 22.6 Å². The van der Waals surface area contributed by atoms with E-state index in [-0.39, 0.29) is 5.56 Å². The minimum absolute atomic E-state index is 0.149. The fraction of sp³-hybridized carbons (Fsp3) is 0.118. The van der Waals surface area contributed by atoms with E-state index in [1.807, 2.05) is 5.32 Å². The lowest BCUT2D eigenvalue weighted by Gasteiger charge is -2.14. The Morgan fingerprint density at radius 2 is 1.79 bits per heavy atom. The first-order chi connectivity index (χ1) is 13.4. The third-order valence-corrected chi connectivity index (χ3v) is 3.66. The SMILES string of the molecule is C[C@@H](OC(=O)c1ccc(-n2cnnn2)cc1)C(=O)Nc1ccc(F)c(F)c1F. The van der Waals surface area contributed by atoms with Gasteiger partial charge in [-0.05, 0) is 53.7 Å². The zero-order chi connectivity index (χ0) is 20.3. The smallest absolute Gasteiger partial charge is 0.338 e. The van der Waals surface area contributed by atoms with Crippen molar-refractivity contribution in [2.45, 2.75) is 13.0 Å². The predicted octanol–water partition coefficient (Wildman–Crippen LogP) is 2.26. The molecule has 2 aromatic carbocycles. The number of nitrogens with zero attached hydrogens (tertiary/aromatic N) is 4. The minimum Gasteiger partial charge on any atom is -0.449 e. The highest BCUT2D eigenvalue weighted by molar-refractivity contribution is 5.97. The zero-order valence-electron chi connectivity index (χ0n) is 14.3. The second-order valence-corrected chi connectivity index (χ2v) is 5.56. The number of aromatic nitrogens is 4. The van der Waals surface area contributed by atoms with Crippen molar-refractivity contribution in [2.75, 3.05) is 5.32 Å². The summed E-state index contributed by atoms with van der Waals surface area (Å²) in [6, 6.07) is 7.54. The topological polar surface area (TPSA) is 99.0 Å². The van der Waals surface area contributed by atoms with Gasteiger partial charge in [0.15, 0.2) is 23.6 Å². The molecule has 8 nitrogen and oxygen atoms in total. The summed E-state index contributed by atoms with van der Waals surface area (Å²) in [5.41, 5.74) is 0.175. The van der Waals surface area contributed by atoms with E-state index in [9.17, 15) is 22.8 Å². The number of hydrogen-bond acceptors (Lipinski definition) is 6. The molecule has 0 fully saturated rings. The molecule has 1 N–H and O–H groups in total. The zero-order valence-corrected chi connectivity index (χ0v) is 14.3. The number of hydrogen-bond donors (Lipinski definition) is 1. The molecule has 0 saturated carbocycles. The molecule has 3 aromatic rings. The van der Waals surface area contributed by atoms with Gasteiger partial charge < -0.3 is 10.1 Å². The van der Waals surface area contributed by atoms with E-state index in [1.165, 1.54) is 30.1 Å². The summed E-state index contributed by atoms with van der Waals surface area (Å²) in [4.78, 5) is 24.2. The molecule has 0 aliphatic heterocycles. The number of esters is 1.